The molecule has 0 radical (unpaired) electrons. The summed E-state index contributed by atoms with van der Waals surface area (Å²) in [5.74, 6) is -4.13. The Labute approximate surface area is 121 Å². The molecule has 0 rings (SSSR count). The number of aliphatic hydroxyl groups is 4. The summed E-state index contributed by atoms with van der Waals surface area (Å²) in [4.78, 5) is 45.8. The van der Waals surface area contributed by atoms with Crippen molar-refractivity contribution >= 4 is 23.1 Å². The summed E-state index contributed by atoms with van der Waals surface area (Å²) in [6.07, 6.45) is -9.19. The number of hydrogen-bond donors (Lipinski definition) is 4. The number of aliphatic hydroxyl groups excluding tert-OH is 4. The molecular formula is C13H20O8. The van der Waals surface area contributed by atoms with Crippen LogP contribution in [0.15, 0.2) is 0 Å². The molecular weight excluding hydrogens is 284 g/mol. The minimum Gasteiger partial charge on any atom is -0.384 e. The third-order valence-corrected chi connectivity index (χ3v) is 3.43. The second kappa shape index (κ2) is 6.99. The molecule has 0 aliphatic heterocycles. The van der Waals surface area contributed by atoms with Crippen LogP contribution in [0.25, 0.3) is 0 Å². The first-order valence-electron chi connectivity index (χ1n) is 6.16. The minimum atomic E-state index is -2.75. The zero-order valence-corrected chi connectivity index (χ0v) is 12.2. The highest BCUT2D eigenvalue weighted by atomic mass is 16.3. The molecule has 120 valence electrons. The van der Waals surface area contributed by atoms with E-state index in [1.54, 1.807) is 0 Å². The standard InChI is InChI=1S/C13H20O8/c1-5(14)9(18)13(10(19)6(2)15,11(20)7(3)16)12(21)8(4)17/h9-12,18-21H,1-4H3. The molecule has 4 N–H and O–H groups in total. The molecule has 0 spiro atoms. The summed E-state index contributed by atoms with van der Waals surface area (Å²) in [5, 5.41) is 40.0. The molecule has 8 heteroatoms. The van der Waals surface area contributed by atoms with E-state index in [2.05, 4.69) is 0 Å². The van der Waals surface area contributed by atoms with Gasteiger partial charge in [-0.1, -0.05) is 0 Å². The lowest BCUT2D eigenvalue weighted by Crippen LogP contribution is -2.67. The van der Waals surface area contributed by atoms with Crippen molar-refractivity contribution in [1.82, 2.24) is 0 Å². The molecule has 0 aromatic carbocycles. The topological polar surface area (TPSA) is 149 Å². The van der Waals surface area contributed by atoms with Gasteiger partial charge in [-0.25, -0.2) is 0 Å². The maximum atomic E-state index is 11.5. The summed E-state index contributed by atoms with van der Waals surface area (Å²) in [7, 11) is 0. The van der Waals surface area contributed by atoms with Crippen LogP contribution in [0, 0.1) is 5.41 Å². The maximum absolute atomic E-state index is 11.5. The van der Waals surface area contributed by atoms with Gasteiger partial charge in [0.25, 0.3) is 0 Å². The summed E-state index contributed by atoms with van der Waals surface area (Å²) in [6.45, 7) is 3.47. The van der Waals surface area contributed by atoms with E-state index >= 15 is 0 Å². The lowest BCUT2D eigenvalue weighted by molar-refractivity contribution is -0.198. The number of hydrogen-bond acceptors (Lipinski definition) is 8. The van der Waals surface area contributed by atoms with Gasteiger partial charge in [0.05, 0.1) is 0 Å². The highest BCUT2D eigenvalue weighted by Gasteiger charge is 2.61. The highest BCUT2D eigenvalue weighted by molar-refractivity contribution is 5.93. The Balaban J connectivity index is 6.47. The van der Waals surface area contributed by atoms with E-state index in [-0.39, 0.29) is 0 Å². The predicted molar refractivity (Wildman–Crippen MR) is 69.2 cm³/mol. The van der Waals surface area contributed by atoms with Crippen molar-refractivity contribution in [3.8, 4) is 0 Å². The van der Waals surface area contributed by atoms with Gasteiger partial charge in [-0.2, -0.15) is 0 Å². The fraction of sp³-hybridized carbons (Fsp3) is 0.692. The number of rotatable bonds is 8. The van der Waals surface area contributed by atoms with Gasteiger partial charge in [0, 0.05) is 0 Å². The lowest BCUT2D eigenvalue weighted by atomic mass is 9.64. The molecule has 0 aliphatic rings. The van der Waals surface area contributed by atoms with Crippen LogP contribution in [0.1, 0.15) is 27.7 Å². The molecule has 0 aliphatic carbocycles. The van der Waals surface area contributed by atoms with Crippen LogP contribution in [0.5, 0.6) is 0 Å². The van der Waals surface area contributed by atoms with Crippen molar-refractivity contribution in [1.29, 1.82) is 0 Å². The smallest absolute Gasteiger partial charge is 0.159 e. The highest BCUT2D eigenvalue weighted by Crippen LogP contribution is 2.37. The molecule has 21 heavy (non-hydrogen) atoms. The second-order valence-electron chi connectivity index (χ2n) is 5.05. The first-order chi connectivity index (χ1) is 9.42. The van der Waals surface area contributed by atoms with Crippen LogP contribution in [0.3, 0.4) is 0 Å². The van der Waals surface area contributed by atoms with Gasteiger partial charge in [-0.05, 0) is 27.7 Å². The van der Waals surface area contributed by atoms with Gasteiger partial charge in [-0.3, -0.25) is 19.2 Å². The van der Waals surface area contributed by atoms with Crippen LogP contribution in [0.2, 0.25) is 0 Å². The monoisotopic (exact) mass is 304 g/mol. The Hall–Kier alpha value is -1.48. The van der Waals surface area contributed by atoms with Gasteiger partial charge in [0.15, 0.2) is 23.1 Å². The number of carbonyl (C=O) groups excluding carboxylic acids is 4. The molecule has 0 aromatic heterocycles. The van der Waals surface area contributed by atoms with Crippen LogP contribution < -0.4 is 0 Å². The van der Waals surface area contributed by atoms with E-state index in [1.165, 1.54) is 0 Å². The van der Waals surface area contributed by atoms with Crippen LogP contribution in [-0.4, -0.2) is 68.0 Å². The van der Waals surface area contributed by atoms with E-state index < -0.39 is 53.0 Å². The second-order valence-corrected chi connectivity index (χ2v) is 5.05. The van der Waals surface area contributed by atoms with Crippen molar-refractivity contribution in [3.05, 3.63) is 0 Å². The Morgan fingerprint density at radius 2 is 0.714 bits per heavy atom. The molecule has 4 atom stereocenters. The molecule has 0 fully saturated rings. The molecule has 0 amide bonds. The number of ketones is 4. The van der Waals surface area contributed by atoms with E-state index in [9.17, 15) is 39.6 Å². The summed E-state index contributed by atoms with van der Waals surface area (Å²) in [6, 6.07) is 0. The first-order valence-corrected chi connectivity index (χ1v) is 6.16. The van der Waals surface area contributed by atoms with Crippen molar-refractivity contribution in [2.24, 2.45) is 5.41 Å². The quantitative estimate of drug-likeness (QED) is 0.393. The van der Waals surface area contributed by atoms with Gasteiger partial charge in [0.2, 0.25) is 0 Å². The average molecular weight is 304 g/mol. The van der Waals surface area contributed by atoms with Crippen LogP contribution >= 0.6 is 0 Å². The normalized spacial score (nSPS) is 19.8. The fourth-order valence-corrected chi connectivity index (χ4v) is 2.31. The van der Waals surface area contributed by atoms with Crippen molar-refractivity contribution in [2.75, 3.05) is 0 Å². The Morgan fingerprint density at radius 1 is 0.571 bits per heavy atom. The first kappa shape index (κ1) is 19.5. The third-order valence-electron chi connectivity index (χ3n) is 3.43. The van der Waals surface area contributed by atoms with Crippen molar-refractivity contribution < 1.29 is 39.6 Å². The van der Waals surface area contributed by atoms with Crippen molar-refractivity contribution in [2.45, 2.75) is 52.1 Å². The number of Topliss-reactive ketones (excluding diaryl/α,β-unsaturated/α-hetero) is 4. The molecule has 0 saturated heterocycles. The maximum Gasteiger partial charge on any atom is 0.159 e. The van der Waals surface area contributed by atoms with Crippen molar-refractivity contribution in [3.63, 3.8) is 0 Å². The van der Waals surface area contributed by atoms with E-state index in [1.807, 2.05) is 0 Å². The van der Waals surface area contributed by atoms with Crippen LogP contribution in [-0.2, 0) is 19.2 Å². The van der Waals surface area contributed by atoms with E-state index in [4.69, 9.17) is 0 Å². The van der Waals surface area contributed by atoms with Crippen LogP contribution in [0.4, 0.5) is 0 Å². The largest absolute Gasteiger partial charge is 0.384 e. The van der Waals surface area contributed by atoms with E-state index in [0.717, 1.165) is 27.7 Å². The van der Waals surface area contributed by atoms with Gasteiger partial charge < -0.3 is 20.4 Å². The Morgan fingerprint density at radius 3 is 0.810 bits per heavy atom. The van der Waals surface area contributed by atoms with Gasteiger partial charge in [-0.15, -0.1) is 0 Å². The zero-order chi connectivity index (χ0) is 17.1. The van der Waals surface area contributed by atoms with Gasteiger partial charge in [0.1, 0.15) is 29.8 Å². The zero-order valence-electron chi connectivity index (χ0n) is 12.2. The molecule has 0 heterocycles. The molecule has 0 aromatic rings. The predicted octanol–water partition coefficient (Wildman–Crippen LogP) is -2.23. The SMILES string of the molecule is CC(=O)C(O)C(C(O)C(C)=O)(C(O)C(C)=O)C(O)C(C)=O. The molecule has 4 unspecified atom stereocenters. The Bertz CT molecular complexity index is 370. The Kier molecular flexibility index (Phi) is 6.50. The summed E-state index contributed by atoms with van der Waals surface area (Å²) < 4.78 is 0. The third kappa shape index (κ3) is 3.41. The lowest BCUT2D eigenvalue weighted by Gasteiger charge is -2.44. The fourth-order valence-electron chi connectivity index (χ4n) is 2.31. The summed E-state index contributed by atoms with van der Waals surface area (Å²) in [5.41, 5.74) is -2.75. The average Bonchev–Trinajstić information content (AvgIpc) is 2.37. The molecule has 0 saturated carbocycles. The molecule has 0 bridgehead atoms. The molecule has 8 nitrogen and oxygen atoms in total. The van der Waals surface area contributed by atoms with E-state index in [0.29, 0.717) is 0 Å². The number of carbonyl (C=O) groups is 4. The van der Waals surface area contributed by atoms with Gasteiger partial charge >= 0.3 is 0 Å². The summed E-state index contributed by atoms with van der Waals surface area (Å²) >= 11 is 0. The minimum absolute atomic E-state index is 0.867.